The van der Waals surface area contributed by atoms with Crippen LogP contribution in [0.2, 0.25) is 0 Å². The number of phenolic OH excluding ortho intramolecular Hbond substituents is 1. The van der Waals surface area contributed by atoms with Gasteiger partial charge in [0.15, 0.2) is 23.0 Å². The first kappa shape index (κ1) is 14.8. The van der Waals surface area contributed by atoms with Crippen molar-refractivity contribution in [2.24, 2.45) is 0 Å². The number of methoxy groups -OCH3 is 1. The molecule has 0 unspecified atom stereocenters. The zero-order chi connectivity index (χ0) is 16.2. The SMILES string of the molecule is COc1ccc(/C=C/C(=O)Oc2ccc3c(c2)OCO3)cc1O. The first-order valence-electron chi connectivity index (χ1n) is 6.82. The molecule has 0 spiro atoms. The Bertz CT molecular complexity index is 766. The maximum Gasteiger partial charge on any atom is 0.336 e. The van der Waals surface area contributed by atoms with Crippen LogP contribution in [-0.2, 0) is 4.79 Å². The van der Waals surface area contributed by atoms with E-state index in [9.17, 15) is 9.90 Å². The van der Waals surface area contributed by atoms with Gasteiger partial charge in [0, 0.05) is 12.1 Å². The smallest absolute Gasteiger partial charge is 0.336 e. The third-order valence-corrected chi connectivity index (χ3v) is 3.18. The van der Waals surface area contributed by atoms with Gasteiger partial charge in [-0.2, -0.15) is 0 Å². The van der Waals surface area contributed by atoms with E-state index < -0.39 is 5.97 Å². The van der Waals surface area contributed by atoms with Crippen molar-refractivity contribution < 1.29 is 28.8 Å². The van der Waals surface area contributed by atoms with Crippen LogP contribution in [0.4, 0.5) is 0 Å². The second kappa shape index (κ2) is 6.31. The average Bonchev–Trinajstić information content (AvgIpc) is 3.01. The summed E-state index contributed by atoms with van der Waals surface area (Å²) in [5.41, 5.74) is 0.644. The van der Waals surface area contributed by atoms with Gasteiger partial charge in [0.1, 0.15) is 5.75 Å². The fourth-order valence-corrected chi connectivity index (χ4v) is 2.07. The Kier molecular flexibility index (Phi) is 4.05. The Hall–Kier alpha value is -3.15. The number of aromatic hydroxyl groups is 1. The van der Waals surface area contributed by atoms with Crippen molar-refractivity contribution in [2.45, 2.75) is 0 Å². The van der Waals surface area contributed by atoms with Crippen LogP contribution in [0.15, 0.2) is 42.5 Å². The molecule has 0 aromatic heterocycles. The first-order valence-corrected chi connectivity index (χ1v) is 6.82. The molecule has 1 N–H and O–H groups in total. The van der Waals surface area contributed by atoms with Gasteiger partial charge in [0.05, 0.1) is 7.11 Å². The van der Waals surface area contributed by atoms with Crippen molar-refractivity contribution in [1.29, 1.82) is 0 Å². The summed E-state index contributed by atoms with van der Waals surface area (Å²) < 4.78 is 20.5. The number of esters is 1. The highest BCUT2D eigenvalue weighted by Crippen LogP contribution is 2.35. The van der Waals surface area contributed by atoms with Crippen molar-refractivity contribution >= 4 is 12.0 Å². The third kappa shape index (κ3) is 3.37. The maximum absolute atomic E-state index is 11.8. The summed E-state index contributed by atoms with van der Waals surface area (Å²) in [4.78, 5) is 11.8. The second-order valence-corrected chi connectivity index (χ2v) is 4.70. The molecule has 1 aliphatic heterocycles. The van der Waals surface area contributed by atoms with Crippen LogP contribution in [0, 0.1) is 0 Å². The number of carbonyl (C=O) groups excluding carboxylic acids is 1. The van der Waals surface area contributed by atoms with E-state index in [0.717, 1.165) is 0 Å². The average molecular weight is 314 g/mol. The van der Waals surface area contributed by atoms with Crippen LogP contribution in [0.5, 0.6) is 28.7 Å². The zero-order valence-corrected chi connectivity index (χ0v) is 12.3. The van der Waals surface area contributed by atoms with Crippen LogP contribution in [-0.4, -0.2) is 25.0 Å². The molecule has 118 valence electrons. The highest BCUT2D eigenvalue weighted by Gasteiger charge is 2.14. The number of hydrogen-bond donors (Lipinski definition) is 1. The highest BCUT2D eigenvalue weighted by atomic mass is 16.7. The molecular formula is C17H14O6. The Morgan fingerprint density at radius 1 is 1.17 bits per heavy atom. The van der Waals surface area contributed by atoms with Gasteiger partial charge in [-0.1, -0.05) is 6.07 Å². The normalized spacial score (nSPS) is 12.4. The second-order valence-electron chi connectivity index (χ2n) is 4.70. The highest BCUT2D eigenvalue weighted by molar-refractivity contribution is 5.88. The van der Waals surface area contributed by atoms with Crippen molar-refractivity contribution in [2.75, 3.05) is 13.9 Å². The lowest BCUT2D eigenvalue weighted by molar-refractivity contribution is -0.128. The standard InChI is InChI=1S/C17H14O6/c1-20-14-5-2-11(8-13(14)18)3-7-17(19)23-12-4-6-15-16(9-12)22-10-21-15/h2-9,18H,10H2,1H3/b7-3+. The predicted molar refractivity (Wildman–Crippen MR) is 81.9 cm³/mol. The van der Waals surface area contributed by atoms with Gasteiger partial charge < -0.3 is 24.1 Å². The lowest BCUT2D eigenvalue weighted by atomic mass is 10.2. The van der Waals surface area contributed by atoms with Crippen LogP contribution >= 0.6 is 0 Å². The summed E-state index contributed by atoms with van der Waals surface area (Å²) in [5.74, 6) is 1.35. The van der Waals surface area contributed by atoms with Crippen LogP contribution < -0.4 is 18.9 Å². The van der Waals surface area contributed by atoms with E-state index in [1.54, 1.807) is 30.3 Å². The fraction of sp³-hybridized carbons (Fsp3) is 0.118. The molecule has 0 amide bonds. The quantitative estimate of drug-likeness (QED) is 0.531. The largest absolute Gasteiger partial charge is 0.504 e. The van der Waals surface area contributed by atoms with Gasteiger partial charge in [-0.3, -0.25) is 0 Å². The molecule has 3 rings (SSSR count). The van der Waals surface area contributed by atoms with Crippen molar-refractivity contribution in [1.82, 2.24) is 0 Å². The summed E-state index contributed by atoms with van der Waals surface area (Å²) in [6, 6.07) is 9.70. The number of hydrogen-bond acceptors (Lipinski definition) is 6. The Morgan fingerprint density at radius 2 is 2.00 bits per heavy atom. The van der Waals surface area contributed by atoms with Gasteiger partial charge in [-0.15, -0.1) is 0 Å². The van der Waals surface area contributed by atoms with Crippen molar-refractivity contribution in [3.63, 3.8) is 0 Å². The molecule has 1 aliphatic rings. The van der Waals surface area contributed by atoms with E-state index in [0.29, 0.717) is 28.6 Å². The molecule has 1 heterocycles. The molecule has 0 atom stereocenters. The van der Waals surface area contributed by atoms with Crippen LogP contribution in [0.3, 0.4) is 0 Å². The molecule has 0 radical (unpaired) electrons. The van der Waals surface area contributed by atoms with Crippen molar-refractivity contribution in [3.8, 4) is 28.7 Å². The van der Waals surface area contributed by atoms with E-state index >= 15 is 0 Å². The summed E-state index contributed by atoms with van der Waals surface area (Å²) in [6.45, 7) is 0.160. The Balaban J connectivity index is 1.66. The lowest BCUT2D eigenvalue weighted by Crippen LogP contribution is -2.03. The minimum Gasteiger partial charge on any atom is -0.504 e. The maximum atomic E-state index is 11.8. The van der Waals surface area contributed by atoms with E-state index in [1.807, 2.05) is 0 Å². The number of carbonyl (C=O) groups is 1. The van der Waals surface area contributed by atoms with Crippen molar-refractivity contribution in [3.05, 3.63) is 48.0 Å². The minimum absolute atomic E-state index is 0.00112. The molecule has 6 heteroatoms. The third-order valence-electron chi connectivity index (χ3n) is 3.18. The fourth-order valence-electron chi connectivity index (χ4n) is 2.07. The number of benzene rings is 2. The molecule has 0 saturated heterocycles. The number of rotatable bonds is 4. The summed E-state index contributed by atoms with van der Waals surface area (Å²) in [6.07, 6.45) is 2.81. The van der Waals surface area contributed by atoms with Gasteiger partial charge in [-0.25, -0.2) is 4.79 Å². The van der Waals surface area contributed by atoms with Gasteiger partial charge >= 0.3 is 5.97 Å². The molecule has 2 aromatic rings. The first-order chi connectivity index (χ1) is 11.2. The van der Waals surface area contributed by atoms with E-state index in [4.69, 9.17) is 18.9 Å². The van der Waals surface area contributed by atoms with E-state index in [-0.39, 0.29) is 12.5 Å². The molecule has 6 nitrogen and oxygen atoms in total. The summed E-state index contributed by atoms with van der Waals surface area (Å²) in [5, 5.41) is 9.68. The van der Waals surface area contributed by atoms with Gasteiger partial charge in [0.25, 0.3) is 0 Å². The number of ether oxygens (including phenoxy) is 4. The molecule has 0 aliphatic carbocycles. The summed E-state index contributed by atoms with van der Waals surface area (Å²) in [7, 11) is 1.47. The van der Waals surface area contributed by atoms with Crippen LogP contribution in [0.1, 0.15) is 5.56 Å². The lowest BCUT2D eigenvalue weighted by Gasteiger charge is -2.04. The van der Waals surface area contributed by atoms with Gasteiger partial charge in [0.2, 0.25) is 6.79 Å². The zero-order valence-electron chi connectivity index (χ0n) is 12.3. The topological polar surface area (TPSA) is 74.2 Å². The predicted octanol–water partition coefficient (Wildman–Crippen LogP) is 2.75. The van der Waals surface area contributed by atoms with Gasteiger partial charge in [-0.05, 0) is 35.9 Å². The van der Waals surface area contributed by atoms with Crippen LogP contribution in [0.25, 0.3) is 6.08 Å². The molecule has 0 fully saturated rings. The Labute approximate surface area is 132 Å². The summed E-state index contributed by atoms with van der Waals surface area (Å²) >= 11 is 0. The minimum atomic E-state index is -0.542. The molecule has 0 saturated carbocycles. The monoisotopic (exact) mass is 314 g/mol. The Morgan fingerprint density at radius 3 is 2.78 bits per heavy atom. The molecule has 0 bridgehead atoms. The number of phenols is 1. The van der Waals surface area contributed by atoms with E-state index in [2.05, 4.69) is 0 Å². The van der Waals surface area contributed by atoms with E-state index in [1.165, 1.54) is 25.3 Å². The molecule has 2 aromatic carbocycles. The number of fused-ring (bicyclic) bond motifs is 1. The molecular weight excluding hydrogens is 300 g/mol. The molecule has 23 heavy (non-hydrogen) atoms.